The molecule has 0 saturated carbocycles. The van der Waals surface area contributed by atoms with Crippen LogP contribution in [0.15, 0.2) is 67.3 Å². The van der Waals surface area contributed by atoms with Crippen molar-refractivity contribution >= 4 is 22.9 Å². The van der Waals surface area contributed by atoms with Crippen LogP contribution in [0.25, 0.3) is 11.1 Å². The predicted molar refractivity (Wildman–Crippen MR) is 148 cm³/mol. The van der Waals surface area contributed by atoms with Gasteiger partial charge in [0.1, 0.15) is 5.82 Å². The molecule has 0 atom stereocenters. The summed E-state index contributed by atoms with van der Waals surface area (Å²) in [6, 6.07) is 12.6. The maximum Gasteiger partial charge on any atom is 0.128 e. The molecular formula is C29H34N6. The molecule has 2 fully saturated rings. The van der Waals surface area contributed by atoms with E-state index in [4.69, 9.17) is 5.73 Å². The quantitative estimate of drug-likeness (QED) is 0.362. The van der Waals surface area contributed by atoms with E-state index in [9.17, 15) is 0 Å². The molecule has 180 valence electrons. The monoisotopic (exact) mass is 466 g/mol. The zero-order valence-corrected chi connectivity index (χ0v) is 20.3. The first-order valence-corrected chi connectivity index (χ1v) is 12.2. The Labute approximate surface area is 208 Å². The third kappa shape index (κ3) is 5.93. The Hall–Kier alpha value is -3.98. The molecule has 0 radical (unpaired) electrons. The van der Waals surface area contributed by atoms with Gasteiger partial charge in [-0.3, -0.25) is 4.98 Å². The number of nitrogens with one attached hydrogen (secondary N) is 1. The lowest BCUT2D eigenvalue weighted by Crippen LogP contribution is -2.18. The van der Waals surface area contributed by atoms with Crippen LogP contribution in [0.1, 0.15) is 31.2 Å². The van der Waals surface area contributed by atoms with E-state index in [0.717, 1.165) is 65.8 Å². The minimum atomic E-state index is 0.646. The van der Waals surface area contributed by atoms with Gasteiger partial charge < -0.3 is 20.9 Å². The highest BCUT2D eigenvalue weighted by Gasteiger charge is 2.15. The SMILES string of the molecule is C#C.C=C(Cc1cc(-c2cncc(N3CCCC3)c2)ccc1N)Nc1ccc(N2CCCC2)nc1. The van der Waals surface area contributed by atoms with Crippen molar-refractivity contribution in [1.29, 1.82) is 0 Å². The van der Waals surface area contributed by atoms with E-state index >= 15 is 0 Å². The summed E-state index contributed by atoms with van der Waals surface area (Å²) in [6.07, 6.45) is 19.4. The number of nitrogens with two attached hydrogens (primary N) is 1. The van der Waals surface area contributed by atoms with E-state index in [2.05, 4.69) is 74.8 Å². The lowest BCUT2D eigenvalue weighted by Gasteiger charge is -2.18. The number of hydrogen-bond donors (Lipinski definition) is 2. The number of allylic oxidation sites excluding steroid dienone is 1. The number of anilines is 4. The zero-order valence-electron chi connectivity index (χ0n) is 20.3. The summed E-state index contributed by atoms with van der Waals surface area (Å²) < 4.78 is 0. The molecule has 0 aliphatic carbocycles. The number of benzene rings is 1. The third-order valence-electron chi connectivity index (χ3n) is 6.57. The molecule has 6 heteroatoms. The molecule has 4 heterocycles. The Kier molecular flexibility index (Phi) is 7.89. The molecule has 5 rings (SSSR count). The number of pyridine rings is 2. The molecule has 2 aliphatic heterocycles. The highest BCUT2D eigenvalue weighted by atomic mass is 15.2. The Morgan fingerprint density at radius 2 is 1.60 bits per heavy atom. The Bertz CT molecular complexity index is 1160. The van der Waals surface area contributed by atoms with Gasteiger partial charge in [-0.1, -0.05) is 12.6 Å². The van der Waals surface area contributed by atoms with Gasteiger partial charge in [0.25, 0.3) is 0 Å². The van der Waals surface area contributed by atoms with Crippen molar-refractivity contribution in [1.82, 2.24) is 9.97 Å². The number of aromatic nitrogens is 2. The molecular weight excluding hydrogens is 432 g/mol. The van der Waals surface area contributed by atoms with Crippen LogP contribution >= 0.6 is 0 Å². The maximum atomic E-state index is 6.32. The topological polar surface area (TPSA) is 70.3 Å². The average Bonchev–Trinajstić information content (AvgIpc) is 3.62. The van der Waals surface area contributed by atoms with Crippen molar-refractivity contribution in [2.75, 3.05) is 47.0 Å². The normalized spacial score (nSPS) is 14.9. The highest BCUT2D eigenvalue weighted by Crippen LogP contribution is 2.29. The van der Waals surface area contributed by atoms with Gasteiger partial charge in [0.05, 0.1) is 23.8 Å². The fourth-order valence-electron chi connectivity index (χ4n) is 4.74. The molecule has 0 unspecified atom stereocenters. The molecule has 3 aromatic rings. The summed E-state index contributed by atoms with van der Waals surface area (Å²) >= 11 is 0. The summed E-state index contributed by atoms with van der Waals surface area (Å²) in [5.41, 5.74) is 13.4. The molecule has 1 aromatic carbocycles. The lowest BCUT2D eigenvalue weighted by molar-refractivity contribution is 0.938. The van der Waals surface area contributed by atoms with Gasteiger partial charge in [-0.05, 0) is 67.1 Å². The molecule has 35 heavy (non-hydrogen) atoms. The molecule has 2 saturated heterocycles. The fraction of sp³-hybridized carbons (Fsp3) is 0.310. The van der Waals surface area contributed by atoms with Crippen LogP contribution in [0.5, 0.6) is 0 Å². The van der Waals surface area contributed by atoms with Gasteiger partial charge in [-0.15, -0.1) is 12.8 Å². The standard InChI is InChI=1S/C27H32N6.C2H2/c1-20(31-24-7-9-27(30-18-24)33-12-4-5-13-33)14-22-15-21(6-8-26(22)28)23-16-25(19-29-17-23)32-10-2-3-11-32;1-2/h6-9,15-19,31H,1-5,10-14,28H2;1-2H. The van der Waals surface area contributed by atoms with E-state index in [1.807, 2.05) is 24.7 Å². The van der Waals surface area contributed by atoms with Crippen LogP contribution in [-0.2, 0) is 6.42 Å². The zero-order chi connectivity index (χ0) is 24.6. The van der Waals surface area contributed by atoms with Crippen LogP contribution in [0.4, 0.5) is 22.9 Å². The fourth-order valence-corrected chi connectivity index (χ4v) is 4.74. The summed E-state index contributed by atoms with van der Waals surface area (Å²) in [6.45, 7) is 8.64. The van der Waals surface area contributed by atoms with Crippen LogP contribution in [0.3, 0.4) is 0 Å². The number of hydrogen-bond acceptors (Lipinski definition) is 6. The Morgan fingerprint density at radius 3 is 2.29 bits per heavy atom. The molecule has 2 aliphatic rings. The predicted octanol–water partition coefficient (Wildman–Crippen LogP) is 5.34. The van der Waals surface area contributed by atoms with Gasteiger partial charge in [0, 0.05) is 55.7 Å². The summed E-state index contributed by atoms with van der Waals surface area (Å²) in [5.74, 6) is 1.05. The Morgan fingerprint density at radius 1 is 0.886 bits per heavy atom. The van der Waals surface area contributed by atoms with Crippen molar-refractivity contribution in [2.45, 2.75) is 32.1 Å². The van der Waals surface area contributed by atoms with E-state index in [1.165, 1.54) is 31.4 Å². The third-order valence-corrected chi connectivity index (χ3v) is 6.57. The van der Waals surface area contributed by atoms with Gasteiger partial charge in [0.15, 0.2) is 0 Å². The highest BCUT2D eigenvalue weighted by molar-refractivity contribution is 5.71. The van der Waals surface area contributed by atoms with Crippen molar-refractivity contribution < 1.29 is 0 Å². The average molecular weight is 467 g/mol. The first kappa shape index (κ1) is 24.2. The second-order valence-corrected chi connectivity index (χ2v) is 9.04. The van der Waals surface area contributed by atoms with Crippen molar-refractivity contribution in [3.63, 3.8) is 0 Å². The smallest absolute Gasteiger partial charge is 0.128 e. The first-order valence-electron chi connectivity index (χ1n) is 12.2. The van der Waals surface area contributed by atoms with Gasteiger partial charge in [-0.2, -0.15) is 0 Å². The van der Waals surface area contributed by atoms with E-state index in [-0.39, 0.29) is 0 Å². The van der Waals surface area contributed by atoms with Crippen molar-refractivity contribution in [3.05, 3.63) is 72.8 Å². The number of terminal acetylenes is 1. The van der Waals surface area contributed by atoms with Crippen LogP contribution < -0.4 is 20.9 Å². The minimum Gasteiger partial charge on any atom is -0.398 e. The number of nitrogens with zero attached hydrogens (tertiary/aromatic N) is 4. The molecule has 0 amide bonds. The minimum absolute atomic E-state index is 0.646. The lowest BCUT2D eigenvalue weighted by atomic mass is 10.00. The summed E-state index contributed by atoms with van der Waals surface area (Å²) in [5, 5.41) is 3.39. The Balaban J connectivity index is 0.00000141. The van der Waals surface area contributed by atoms with Crippen molar-refractivity contribution in [2.24, 2.45) is 0 Å². The number of rotatable bonds is 7. The maximum absolute atomic E-state index is 6.32. The summed E-state index contributed by atoms with van der Waals surface area (Å²) in [4.78, 5) is 13.9. The first-order chi connectivity index (χ1) is 17.2. The molecule has 0 bridgehead atoms. The van der Waals surface area contributed by atoms with E-state index in [1.54, 1.807) is 0 Å². The molecule has 6 nitrogen and oxygen atoms in total. The molecule has 0 spiro atoms. The second-order valence-electron chi connectivity index (χ2n) is 9.04. The second kappa shape index (κ2) is 11.4. The van der Waals surface area contributed by atoms with E-state index < -0.39 is 0 Å². The van der Waals surface area contributed by atoms with E-state index in [0.29, 0.717) is 6.42 Å². The van der Waals surface area contributed by atoms with Crippen LogP contribution in [-0.4, -0.2) is 36.1 Å². The largest absolute Gasteiger partial charge is 0.398 e. The number of nitrogen functional groups attached to an aromatic ring is 1. The van der Waals surface area contributed by atoms with Gasteiger partial charge >= 0.3 is 0 Å². The summed E-state index contributed by atoms with van der Waals surface area (Å²) in [7, 11) is 0. The molecule has 3 N–H and O–H groups in total. The van der Waals surface area contributed by atoms with Crippen molar-refractivity contribution in [3.8, 4) is 24.0 Å². The van der Waals surface area contributed by atoms with Crippen LogP contribution in [0, 0.1) is 12.8 Å². The van der Waals surface area contributed by atoms with Gasteiger partial charge in [0.2, 0.25) is 0 Å². The van der Waals surface area contributed by atoms with Gasteiger partial charge in [-0.25, -0.2) is 4.98 Å². The molecule has 2 aromatic heterocycles. The van der Waals surface area contributed by atoms with Crippen LogP contribution in [0.2, 0.25) is 0 Å².